The van der Waals surface area contributed by atoms with E-state index in [0.717, 1.165) is 12.8 Å². The fourth-order valence-corrected chi connectivity index (χ4v) is 3.37. The summed E-state index contributed by atoms with van der Waals surface area (Å²) in [5.41, 5.74) is -0.127. The molecular formula is C14H11FN2O2. The highest BCUT2D eigenvalue weighted by molar-refractivity contribution is 5.89. The number of aromatic amines is 1. The first-order valence-electron chi connectivity index (χ1n) is 6.30. The second-order valence-corrected chi connectivity index (χ2v) is 5.60. The van der Waals surface area contributed by atoms with Crippen LogP contribution in [0.25, 0.3) is 10.9 Å². The van der Waals surface area contributed by atoms with Gasteiger partial charge in [0.05, 0.1) is 10.9 Å². The normalized spacial score (nSPS) is 28.7. The minimum atomic E-state index is -0.453. The van der Waals surface area contributed by atoms with E-state index >= 15 is 0 Å². The lowest BCUT2D eigenvalue weighted by Crippen LogP contribution is -2.36. The number of H-pyrrole nitrogens is 1. The van der Waals surface area contributed by atoms with Crippen LogP contribution in [0, 0.1) is 11.7 Å². The molecule has 2 bridgehead atoms. The van der Waals surface area contributed by atoms with Crippen LogP contribution in [0.3, 0.4) is 0 Å². The van der Waals surface area contributed by atoms with Crippen molar-refractivity contribution in [2.24, 2.45) is 5.92 Å². The number of benzene rings is 1. The van der Waals surface area contributed by atoms with Crippen molar-refractivity contribution in [3.8, 4) is 0 Å². The van der Waals surface area contributed by atoms with E-state index in [-0.39, 0.29) is 28.1 Å². The monoisotopic (exact) mass is 258 g/mol. The Labute approximate surface area is 107 Å². The number of aromatic nitrogens is 2. The van der Waals surface area contributed by atoms with Gasteiger partial charge in [0.2, 0.25) is 0 Å². The zero-order valence-electron chi connectivity index (χ0n) is 10.1. The second kappa shape index (κ2) is 3.29. The Morgan fingerprint density at radius 2 is 2.11 bits per heavy atom. The number of carbonyl (C=O) groups is 1. The van der Waals surface area contributed by atoms with Crippen LogP contribution in [0.15, 0.2) is 23.0 Å². The third kappa shape index (κ3) is 1.35. The topological polar surface area (TPSA) is 62.8 Å². The molecule has 5 rings (SSSR count). The maximum Gasteiger partial charge on any atom is 0.258 e. The summed E-state index contributed by atoms with van der Waals surface area (Å²) in [6.45, 7) is 0. The highest BCUT2D eigenvalue weighted by Crippen LogP contribution is 2.56. The van der Waals surface area contributed by atoms with Gasteiger partial charge in [-0.3, -0.25) is 9.59 Å². The lowest BCUT2D eigenvalue weighted by Gasteiger charge is -2.35. The summed E-state index contributed by atoms with van der Waals surface area (Å²) in [7, 11) is 0. The third-order valence-corrected chi connectivity index (χ3v) is 4.41. The van der Waals surface area contributed by atoms with Crippen molar-refractivity contribution in [3.63, 3.8) is 0 Å². The molecule has 0 atom stereocenters. The van der Waals surface area contributed by atoms with Gasteiger partial charge in [0, 0.05) is 17.8 Å². The third-order valence-electron chi connectivity index (χ3n) is 4.41. The molecule has 3 fully saturated rings. The number of carbonyl (C=O) groups excluding carboxylic acids is 1. The molecule has 96 valence electrons. The van der Waals surface area contributed by atoms with E-state index in [9.17, 15) is 14.0 Å². The molecule has 3 aliphatic carbocycles. The molecule has 2 aromatic rings. The van der Waals surface area contributed by atoms with Gasteiger partial charge in [-0.1, -0.05) is 0 Å². The van der Waals surface area contributed by atoms with E-state index in [1.807, 2.05) is 0 Å². The van der Waals surface area contributed by atoms with Gasteiger partial charge in [0.1, 0.15) is 17.4 Å². The van der Waals surface area contributed by atoms with Crippen LogP contribution < -0.4 is 5.56 Å². The Kier molecular flexibility index (Phi) is 1.88. The number of rotatable bonds is 1. The van der Waals surface area contributed by atoms with Crippen LogP contribution in [-0.4, -0.2) is 15.8 Å². The molecule has 1 aromatic heterocycles. The smallest absolute Gasteiger partial charge is 0.258 e. The predicted molar refractivity (Wildman–Crippen MR) is 66.3 cm³/mol. The number of ketones is 1. The van der Waals surface area contributed by atoms with Crippen molar-refractivity contribution in [2.45, 2.75) is 24.7 Å². The summed E-state index contributed by atoms with van der Waals surface area (Å²) in [5, 5.41) is 0.250. The van der Waals surface area contributed by atoms with E-state index in [0.29, 0.717) is 17.8 Å². The van der Waals surface area contributed by atoms with Crippen LogP contribution in [0.5, 0.6) is 0 Å². The average molecular weight is 258 g/mol. The van der Waals surface area contributed by atoms with Gasteiger partial charge in [-0.15, -0.1) is 0 Å². The molecule has 0 amide bonds. The molecule has 1 aromatic carbocycles. The molecule has 0 radical (unpaired) electrons. The molecule has 5 heteroatoms. The lowest BCUT2D eigenvalue weighted by molar-refractivity contribution is -0.119. The maximum absolute atomic E-state index is 13.1. The average Bonchev–Trinajstić information content (AvgIpc) is 2.82. The number of nitrogens with one attached hydrogen (secondary N) is 1. The van der Waals surface area contributed by atoms with E-state index < -0.39 is 5.82 Å². The minimum absolute atomic E-state index is 0.147. The number of halogens is 1. The number of hydrogen-bond acceptors (Lipinski definition) is 3. The number of fused-ring (bicyclic) bond motifs is 2. The predicted octanol–water partition coefficient (Wildman–Crippen LogP) is 1.68. The molecule has 4 nitrogen and oxygen atoms in total. The van der Waals surface area contributed by atoms with E-state index in [2.05, 4.69) is 9.97 Å². The Hall–Kier alpha value is -2.04. The molecule has 0 spiro atoms. The fourth-order valence-electron chi connectivity index (χ4n) is 3.37. The van der Waals surface area contributed by atoms with Gasteiger partial charge in [-0.2, -0.15) is 0 Å². The van der Waals surface area contributed by atoms with Crippen molar-refractivity contribution < 1.29 is 9.18 Å². The molecule has 0 saturated heterocycles. The summed E-state index contributed by atoms with van der Waals surface area (Å²) < 4.78 is 13.1. The standard InChI is InChI=1S/C14H11FN2O2/c15-8-1-2-10-9(3-8)12(19)17-13(16-10)14-4-7(5-14)11(18)6-14/h1-3,7H,4-6H2,(H,16,17,19). The molecule has 1 heterocycles. The molecular weight excluding hydrogens is 247 g/mol. The quantitative estimate of drug-likeness (QED) is 0.846. The van der Waals surface area contributed by atoms with Gasteiger partial charge in [0.15, 0.2) is 0 Å². The van der Waals surface area contributed by atoms with Crippen molar-refractivity contribution in [1.29, 1.82) is 0 Å². The van der Waals surface area contributed by atoms with Gasteiger partial charge < -0.3 is 4.98 Å². The first-order chi connectivity index (χ1) is 9.07. The highest BCUT2D eigenvalue weighted by Gasteiger charge is 2.58. The van der Waals surface area contributed by atoms with Crippen molar-refractivity contribution >= 4 is 16.7 Å². The lowest BCUT2D eigenvalue weighted by atomic mass is 9.69. The van der Waals surface area contributed by atoms with Crippen molar-refractivity contribution in [3.05, 3.63) is 40.2 Å². The molecule has 3 aliphatic rings. The van der Waals surface area contributed by atoms with E-state index in [4.69, 9.17) is 0 Å². The molecule has 3 saturated carbocycles. The van der Waals surface area contributed by atoms with Gasteiger partial charge in [0.25, 0.3) is 5.56 Å². The number of nitrogens with zero attached hydrogens (tertiary/aromatic N) is 1. The Bertz CT molecular complexity index is 775. The second-order valence-electron chi connectivity index (χ2n) is 5.60. The van der Waals surface area contributed by atoms with Gasteiger partial charge in [-0.05, 0) is 31.0 Å². The highest BCUT2D eigenvalue weighted by atomic mass is 19.1. The fraction of sp³-hybridized carbons (Fsp3) is 0.357. The molecule has 0 aliphatic heterocycles. The summed E-state index contributed by atoms with van der Waals surface area (Å²) in [6.07, 6.45) is 2.02. The van der Waals surface area contributed by atoms with Crippen LogP contribution in [0.2, 0.25) is 0 Å². The summed E-state index contributed by atoms with van der Waals surface area (Å²) >= 11 is 0. The van der Waals surface area contributed by atoms with Crippen LogP contribution in [0.4, 0.5) is 4.39 Å². The first kappa shape index (κ1) is 10.8. The van der Waals surface area contributed by atoms with E-state index in [1.54, 1.807) is 0 Å². The maximum atomic E-state index is 13.1. The molecule has 19 heavy (non-hydrogen) atoms. The summed E-state index contributed by atoms with van der Waals surface area (Å²) in [4.78, 5) is 30.8. The molecule has 0 unspecified atom stereocenters. The largest absolute Gasteiger partial charge is 0.310 e. The number of Topliss-reactive ketones (excluding diaryl/α,β-unsaturated/α-hetero) is 1. The van der Waals surface area contributed by atoms with Crippen LogP contribution in [0.1, 0.15) is 25.1 Å². The summed E-state index contributed by atoms with van der Waals surface area (Å²) in [5.74, 6) is 0.542. The van der Waals surface area contributed by atoms with Crippen molar-refractivity contribution in [1.82, 2.24) is 9.97 Å². The van der Waals surface area contributed by atoms with Gasteiger partial charge in [-0.25, -0.2) is 9.37 Å². The Balaban J connectivity index is 1.91. The Morgan fingerprint density at radius 1 is 1.32 bits per heavy atom. The SMILES string of the molecule is O=C1CC2(c3nc4ccc(F)cc4c(=O)[nH]3)CC1C2. The van der Waals surface area contributed by atoms with E-state index in [1.165, 1.54) is 18.2 Å². The zero-order valence-corrected chi connectivity index (χ0v) is 10.1. The van der Waals surface area contributed by atoms with Crippen LogP contribution in [-0.2, 0) is 10.2 Å². The first-order valence-corrected chi connectivity index (χ1v) is 6.30. The Morgan fingerprint density at radius 3 is 2.79 bits per heavy atom. The van der Waals surface area contributed by atoms with Gasteiger partial charge >= 0.3 is 0 Å². The van der Waals surface area contributed by atoms with Crippen molar-refractivity contribution in [2.75, 3.05) is 0 Å². The zero-order chi connectivity index (χ0) is 13.2. The minimum Gasteiger partial charge on any atom is -0.310 e. The molecule has 1 N–H and O–H groups in total. The summed E-state index contributed by atoms with van der Waals surface area (Å²) in [6, 6.07) is 3.98. The number of hydrogen-bond donors (Lipinski definition) is 1. The van der Waals surface area contributed by atoms with Crippen LogP contribution >= 0.6 is 0 Å².